The Bertz CT molecular complexity index is 873. The highest BCUT2D eigenvalue weighted by Crippen LogP contribution is 2.37. The molecule has 0 aliphatic carbocycles. The van der Waals surface area contributed by atoms with Crippen molar-refractivity contribution in [2.45, 2.75) is 45.4 Å². The van der Waals surface area contributed by atoms with Gasteiger partial charge in [0.15, 0.2) is 0 Å². The summed E-state index contributed by atoms with van der Waals surface area (Å²) < 4.78 is 17.3. The maximum absolute atomic E-state index is 12.7. The Labute approximate surface area is 159 Å². The van der Waals surface area contributed by atoms with Crippen LogP contribution in [-0.2, 0) is 15.9 Å². The average Bonchev–Trinajstić information content (AvgIpc) is 3.27. The molecule has 1 saturated heterocycles. The molecule has 0 radical (unpaired) electrons. The number of oxazole rings is 1. The van der Waals surface area contributed by atoms with Crippen molar-refractivity contribution in [3.05, 3.63) is 53.8 Å². The second-order valence-corrected chi connectivity index (χ2v) is 7.91. The molecule has 0 bridgehead atoms. The molecule has 1 amide bonds. The molecule has 3 heterocycles. The van der Waals surface area contributed by atoms with E-state index in [0.29, 0.717) is 24.5 Å². The van der Waals surface area contributed by atoms with Gasteiger partial charge in [0.05, 0.1) is 17.4 Å². The Morgan fingerprint density at radius 1 is 1.19 bits per heavy atom. The van der Waals surface area contributed by atoms with Gasteiger partial charge in [-0.05, 0) is 45.4 Å². The molecule has 7 heteroatoms. The Balaban J connectivity index is 1.46. The Morgan fingerprint density at radius 3 is 2.56 bits per heavy atom. The van der Waals surface area contributed by atoms with E-state index in [1.165, 1.54) is 6.26 Å². The lowest BCUT2D eigenvalue weighted by atomic mass is 9.90. The average molecular weight is 366 g/mol. The highest BCUT2D eigenvalue weighted by atomic mass is 16.7. The molecule has 1 aromatic heterocycles. The maximum Gasteiger partial charge on any atom is 0.486 e. The highest BCUT2D eigenvalue weighted by Gasteiger charge is 2.50. The molecule has 1 aromatic carbocycles. The summed E-state index contributed by atoms with van der Waals surface area (Å²) in [7, 11) is -0.405. The fourth-order valence-corrected chi connectivity index (χ4v) is 3.36. The summed E-state index contributed by atoms with van der Waals surface area (Å²) in [5, 5.41) is 0. The van der Waals surface area contributed by atoms with Crippen molar-refractivity contribution in [3.8, 4) is 11.5 Å². The van der Waals surface area contributed by atoms with Crippen molar-refractivity contribution in [2.75, 3.05) is 6.54 Å². The largest absolute Gasteiger partial charge is 0.486 e. The maximum atomic E-state index is 12.7. The molecule has 6 nitrogen and oxygen atoms in total. The van der Waals surface area contributed by atoms with Gasteiger partial charge in [-0.3, -0.25) is 4.79 Å². The fourth-order valence-electron chi connectivity index (χ4n) is 3.36. The van der Waals surface area contributed by atoms with Gasteiger partial charge in [-0.25, -0.2) is 4.98 Å². The second kappa shape index (κ2) is 6.35. The number of nitrogens with zero attached hydrogens (tertiary/aromatic N) is 2. The molecule has 140 valence electrons. The number of carbonyl (C=O) groups excluding carboxylic acids is 1. The van der Waals surface area contributed by atoms with Crippen LogP contribution < -0.4 is 0 Å². The second-order valence-electron chi connectivity index (χ2n) is 7.91. The smallest absolute Gasteiger partial charge is 0.445 e. The molecule has 1 fully saturated rings. The van der Waals surface area contributed by atoms with E-state index in [4.69, 9.17) is 13.7 Å². The van der Waals surface area contributed by atoms with Crippen LogP contribution >= 0.6 is 0 Å². The summed E-state index contributed by atoms with van der Waals surface area (Å²) in [6.45, 7) is 9.09. The molecule has 0 unspecified atom stereocenters. The first-order valence-corrected chi connectivity index (χ1v) is 9.12. The summed E-state index contributed by atoms with van der Waals surface area (Å²) in [5.41, 5.74) is 1.78. The third-order valence-electron chi connectivity index (χ3n) is 5.60. The molecule has 2 aromatic rings. The number of fused-ring (bicyclic) bond motifs is 1. The molecule has 4 rings (SSSR count). The van der Waals surface area contributed by atoms with E-state index >= 15 is 0 Å². The van der Waals surface area contributed by atoms with E-state index in [0.717, 1.165) is 11.1 Å². The van der Waals surface area contributed by atoms with E-state index < -0.39 is 7.12 Å². The van der Waals surface area contributed by atoms with Crippen LogP contribution in [0.3, 0.4) is 0 Å². The first kappa shape index (κ1) is 18.0. The number of hydrogen-bond donors (Lipinski definition) is 0. The first-order chi connectivity index (χ1) is 12.8. The van der Waals surface area contributed by atoms with Crippen molar-refractivity contribution in [1.82, 2.24) is 9.88 Å². The predicted octanol–water partition coefficient (Wildman–Crippen LogP) is 3.49. The number of aromatic nitrogens is 1. The Morgan fingerprint density at radius 2 is 1.89 bits per heavy atom. The normalized spacial score (nSPS) is 20.7. The van der Waals surface area contributed by atoms with Gasteiger partial charge in [0.2, 0.25) is 5.89 Å². The minimum atomic E-state index is -0.405. The van der Waals surface area contributed by atoms with Crippen LogP contribution in [-0.4, -0.2) is 40.7 Å². The predicted molar refractivity (Wildman–Crippen MR) is 102 cm³/mol. The van der Waals surface area contributed by atoms with Gasteiger partial charge in [-0.1, -0.05) is 18.1 Å². The van der Waals surface area contributed by atoms with Crippen LogP contribution in [0.5, 0.6) is 0 Å². The Kier molecular flexibility index (Phi) is 4.24. The van der Waals surface area contributed by atoms with E-state index in [1.807, 2.05) is 57.9 Å². The molecule has 0 N–H and O–H groups in total. The fraction of sp³-hybridized carbons (Fsp3) is 0.400. The first-order valence-electron chi connectivity index (χ1n) is 9.12. The van der Waals surface area contributed by atoms with E-state index in [-0.39, 0.29) is 17.1 Å². The molecule has 0 atom stereocenters. The zero-order valence-corrected chi connectivity index (χ0v) is 16.1. The van der Waals surface area contributed by atoms with Gasteiger partial charge in [0.25, 0.3) is 5.91 Å². The summed E-state index contributed by atoms with van der Waals surface area (Å²) in [6, 6.07) is 5.64. The summed E-state index contributed by atoms with van der Waals surface area (Å²) in [4.78, 5) is 18.7. The lowest BCUT2D eigenvalue weighted by Crippen LogP contribution is -2.41. The van der Waals surface area contributed by atoms with Crippen LogP contribution in [0, 0.1) is 0 Å². The molecule has 0 saturated carbocycles. The van der Waals surface area contributed by atoms with E-state index in [1.54, 1.807) is 11.1 Å². The topological polar surface area (TPSA) is 64.8 Å². The van der Waals surface area contributed by atoms with E-state index in [9.17, 15) is 4.79 Å². The van der Waals surface area contributed by atoms with Crippen molar-refractivity contribution < 1.29 is 18.5 Å². The molecule has 2 aliphatic rings. The lowest BCUT2D eigenvalue weighted by Gasteiger charge is -2.32. The Hall–Kier alpha value is -2.38. The van der Waals surface area contributed by atoms with Crippen molar-refractivity contribution in [3.63, 3.8) is 0 Å². The minimum Gasteiger partial charge on any atom is -0.445 e. The van der Waals surface area contributed by atoms with Crippen molar-refractivity contribution in [1.29, 1.82) is 0 Å². The quantitative estimate of drug-likeness (QED) is 0.775. The number of amides is 1. The van der Waals surface area contributed by atoms with Gasteiger partial charge < -0.3 is 18.6 Å². The van der Waals surface area contributed by atoms with Crippen LogP contribution in [0.2, 0.25) is 0 Å². The van der Waals surface area contributed by atoms with Gasteiger partial charge >= 0.3 is 7.12 Å². The summed E-state index contributed by atoms with van der Waals surface area (Å²) in [6.07, 6.45) is 5.07. The number of carbonyl (C=O) groups is 1. The van der Waals surface area contributed by atoms with Crippen LogP contribution in [0.15, 0.2) is 47.1 Å². The summed E-state index contributed by atoms with van der Waals surface area (Å²) in [5.74, 6) is 2.42. The minimum absolute atomic E-state index is 0.0111. The van der Waals surface area contributed by atoms with Gasteiger partial charge in [0, 0.05) is 24.2 Å². The molecular formula is C20H23BN2O4. The van der Waals surface area contributed by atoms with Gasteiger partial charge in [0.1, 0.15) is 6.26 Å². The number of rotatable bonds is 4. The van der Waals surface area contributed by atoms with Crippen molar-refractivity contribution >= 4 is 13.0 Å². The number of benzene rings is 1. The monoisotopic (exact) mass is 366 g/mol. The molecule has 0 spiro atoms. The SMILES string of the molecule is CC1(C)OB(C=CCN2Cc3c(cccc3-c3ncco3)C2=O)OC1(C)C. The zero-order chi connectivity index (χ0) is 19.2. The van der Waals surface area contributed by atoms with Crippen molar-refractivity contribution in [2.24, 2.45) is 0 Å². The van der Waals surface area contributed by atoms with E-state index in [2.05, 4.69) is 4.98 Å². The van der Waals surface area contributed by atoms with Gasteiger partial charge in [-0.2, -0.15) is 0 Å². The third-order valence-corrected chi connectivity index (χ3v) is 5.60. The molecule has 27 heavy (non-hydrogen) atoms. The third kappa shape index (κ3) is 3.11. The van der Waals surface area contributed by atoms with Crippen LogP contribution in [0.25, 0.3) is 11.5 Å². The highest BCUT2D eigenvalue weighted by molar-refractivity contribution is 6.51. The lowest BCUT2D eigenvalue weighted by molar-refractivity contribution is 0.00578. The van der Waals surface area contributed by atoms with Crippen LogP contribution in [0.4, 0.5) is 0 Å². The zero-order valence-electron chi connectivity index (χ0n) is 16.1. The van der Waals surface area contributed by atoms with Crippen LogP contribution in [0.1, 0.15) is 43.6 Å². The molecule has 2 aliphatic heterocycles. The van der Waals surface area contributed by atoms with Gasteiger partial charge in [-0.15, -0.1) is 0 Å². The summed E-state index contributed by atoms with van der Waals surface area (Å²) >= 11 is 0. The molecular weight excluding hydrogens is 343 g/mol. The number of hydrogen-bond acceptors (Lipinski definition) is 5. The standard InChI is InChI=1S/C20H23BN2O4/c1-19(2)20(3,4)27-21(26-19)9-6-11-23-13-16-14(17-22-10-12-25-17)7-5-8-15(16)18(23)24/h5-10,12H,11,13H2,1-4H3.